The fourth-order valence-electron chi connectivity index (χ4n) is 3.64. The van der Waals surface area contributed by atoms with Crippen molar-refractivity contribution in [1.29, 1.82) is 0 Å². The number of hydrogen-bond donors (Lipinski definition) is 1. The summed E-state index contributed by atoms with van der Waals surface area (Å²) in [4.78, 5) is 4.54. The van der Waals surface area contributed by atoms with Gasteiger partial charge in [0, 0.05) is 17.8 Å². The van der Waals surface area contributed by atoms with Crippen LogP contribution in [0.15, 0.2) is 18.3 Å². The smallest absolute Gasteiger partial charge is 0.0731 e. The third-order valence-corrected chi connectivity index (χ3v) is 5.08. The molecule has 2 heteroatoms. The molecular formula is C16H23NO. The van der Waals surface area contributed by atoms with Crippen molar-refractivity contribution in [2.75, 3.05) is 0 Å². The monoisotopic (exact) mass is 245 g/mol. The molecule has 0 aliphatic heterocycles. The molecule has 1 fully saturated rings. The first-order valence-corrected chi connectivity index (χ1v) is 7.16. The van der Waals surface area contributed by atoms with Crippen LogP contribution in [0.5, 0.6) is 0 Å². The average Bonchev–Trinajstić information content (AvgIpc) is 2.78. The van der Waals surface area contributed by atoms with Crippen LogP contribution in [-0.2, 0) is 6.42 Å². The van der Waals surface area contributed by atoms with Gasteiger partial charge in [0.25, 0.3) is 0 Å². The van der Waals surface area contributed by atoms with Crippen LogP contribution in [-0.4, -0.2) is 15.7 Å². The van der Waals surface area contributed by atoms with E-state index in [2.05, 4.69) is 24.9 Å². The zero-order valence-electron chi connectivity index (χ0n) is 11.4. The highest BCUT2D eigenvalue weighted by Gasteiger charge is 2.45. The highest BCUT2D eigenvalue weighted by atomic mass is 16.3. The van der Waals surface area contributed by atoms with Crippen LogP contribution < -0.4 is 0 Å². The maximum Gasteiger partial charge on any atom is 0.0731 e. The molecule has 18 heavy (non-hydrogen) atoms. The number of nitrogens with zero attached hydrogens (tertiary/aromatic N) is 1. The summed E-state index contributed by atoms with van der Waals surface area (Å²) in [5, 5.41) is 11.0. The lowest BCUT2D eigenvalue weighted by Gasteiger charge is -2.43. The lowest BCUT2D eigenvalue weighted by atomic mass is 9.66. The first-order chi connectivity index (χ1) is 8.50. The maximum atomic E-state index is 11.0. The van der Waals surface area contributed by atoms with E-state index in [1.165, 1.54) is 11.3 Å². The predicted molar refractivity (Wildman–Crippen MR) is 72.5 cm³/mol. The Kier molecular flexibility index (Phi) is 2.74. The number of aromatic nitrogens is 1. The quantitative estimate of drug-likeness (QED) is 0.822. The minimum atomic E-state index is -0.505. The lowest BCUT2D eigenvalue weighted by Crippen LogP contribution is -2.41. The van der Waals surface area contributed by atoms with Crippen molar-refractivity contribution in [2.45, 2.75) is 63.9 Å². The third kappa shape index (κ3) is 1.97. The van der Waals surface area contributed by atoms with E-state index in [0.717, 1.165) is 38.5 Å². The van der Waals surface area contributed by atoms with Crippen LogP contribution in [0.3, 0.4) is 0 Å². The third-order valence-electron chi connectivity index (χ3n) is 5.08. The van der Waals surface area contributed by atoms with Crippen LogP contribution in [0, 0.1) is 5.41 Å². The highest BCUT2D eigenvalue weighted by Crippen LogP contribution is 2.49. The van der Waals surface area contributed by atoms with Crippen LogP contribution in [0.2, 0.25) is 0 Å². The van der Waals surface area contributed by atoms with Crippen molar-refractivity contribution in [3.05, 3.63) is 29.6 Å². The van der Waals surface area contributed by atoms with Gasteiger partial charge in [-0.25, -0.2) is 0 Å². The van der Waals surface area contributed by atoms with Gasteiger partial charge >= 0.3 is 0 Å². The van der Waals surface area contributed by atoms with Gasteiger partial charge in [-0.15, -0.1) is 0 Å². The molecule has 0 amide bonds. The Balaban J connectivity index is 1.84. The Morgan fingerprint density at radius 2 is 1.94 bits per heavy atom. The zero-order chi connectivity index (χ0) is 12.8. The Bertz CT molecular complexity index is 442. The minimum absolute atomic E-state index is 0.268. The summed E-state index contributed by atoms with van der Waals surface area (Å²) in [6.07, 6.45) is 8.14. The fourth-order valence-corrected chi connectivity index (χ4v) is 3.64. The molecule has 0 aromatic carbocycles. The summed E-state index contributed by atoms with van der Waals surface area (Å²) in [7, 11) is 0. The van der Waals surface area contributed by atoms with E-state index >= 15 is 0 Å². The summed E-state index contributed by atoms with van der Waals surface area (Å²) in [5.41, 5.74) is 2.41. The van der Waals surface area contributed by atoms with Gasteiger partial charge in [0.1, 0.15) is 0 Å². The number of pyridine rings is 1. The fraction of sp³-hybridized carbons (Fsp3) is 0.688. The largest absolute Gasteiger partial charge is 0.389 e. The zero-order valence-corrected chi connectivity index (χ0v) is 11.4. The molecule has 1 atom stereocenters. The van der Waals surface area contributed by atoms with Gasteiger partial charge in [0.2, 0.25) is 0 Å². The van der Waals surface area contributed by atoms with Gasteiger partial charge in [0.05, 0.1) is 5.60 Å². The second kappa shape index (κ2) is 4.06. The number of aryl methyl sites for hydroxylation is 1. The minimum Gasteiger partial charge on any atom is -0.389 e. The molecule has 0 bridgehead atoms. The first kappa shape index (κ1) is 12.2. The average molecular weight is 245 g/mol. The second-order valence-corrected chi connectivity index (χ2v) is 6.91. The molecule has 0 saturated heterocycles. The second-order valence-electron chi connectivity index (χ2n) is 6.91. The predicted octanol–water partition coefficient (Wildman–Crippen LogP) is 3.44. The molecule has 0 radical (unpaired) electrons. The van der Waals surface area contributed by atoms with Crippen LogP contribution in [0.4, 0.5) is 0 Å². The molecule has 2 aliphatic rings. The van der Waals surface area contributed by atoms with E-state index in [0.29, 0.717) is 5.41 Å². The molecule has 1 saturated carbocycles. The molecule has 1 N–H and O–H groups in total. The van der Waals surface area contributed by atoms with Crippen LogP contribution in [0.25, 0.3) is 0 Å². The summed E-state index contributed by atoms with van der Waals surface area (Å²) < 4.78 is 0. The molecule has 1 aromatic heterocycles. The maximum absolute atomic E-state index is 11.0. The molecule has 3 rings (SSSR count). The van der Waals surface area contributed by atoms with E-state index in [1.807, 2.05) is 12.3 Å². The standard InChI is InChI=1S/C16H23NO/c1-15(2)7-9-16(18,10-8-15)13-6-5-12-4-3-11-17-14(12)13/h3-4,11,13,18H,5-10H2,1-2H3. The Morgan fingerprint density at radius 3 is 2.67 bits per heavy atom. The van der Waals surface area contributed by atoms with Crippen LogP contribution >= 0.6 is 0 Å². The van der Waals surface area contributed by atoms with Gasteiger partial charge in [-0.1, -0.05) is 19.9 Å². The lowest BCUT2D eigenvalue weighted by molar-refractivity contribution is -0.0480. The summed E-state index contributed by atoms with van der Waals surface area (Å²) in [6.45, 7) is 4.63. The molecule has 1 heterocycles. The molecule has 1 aromatic rings. The van der Waals surface area contributed by atoms with Crippen molar-refractivity contribution < 1.29 is 5.11 Å². The topological polar surface area (TPSA) is 33.1 Å². The molecule has 98 valence electrons. The number of hydrogen-bond acceptors (Lipinski definition) is 2. The summed E-state index contributed by atoms with van der Waals surface area (Å²) in [6, 6.07) is 4.17. The summed E-state index contributed by atoms with van der Waals surface area (Å²) >= 11 is 0. The summed E-state index contributed by atoms with van der Waals surface area (Å²) in [5.74, 6) is 0.268. The van der Waals surface area contributed by atoms with Gasteiger partial charge in [-0.05, 0) is 55.6 Å². The number of fused-ring (bicyclic) bond motifs is 1. The van der Waals surface area contributed by atoms with Crippen molar-refractivity contribution >= 4 is 0 Å². The Hall–Kier alpha value is -0.890. The van der Waals surface area contributed by atoms with E-state index < -0.39 is 5.60 Å². The van der Waals surface area contributed by atoms with E-state index in [9.17, 15) is 5.11 Å². The van der Waals surface area contributed by atoms with Crippen molar-refractivity contribution in [3.8, 4) is 0 Å². The van der Waals surface area contributed by atoms with Gasteiger partial charge in [-0.2, -0.15) is 0 Å². The van der Waals surface area contributed by atoms with Crippen LogP contribution in [0.1, 0.15) is 63.1 Å². The Morgan fingerprint density at radius 1 is 1.22 bits per heavy atom. The molecule has 0 spiro atoms. The first-order valence-electron chi connectivity index (χ1n) is 7.16. The van der Waals surface area contributed by atoms with Crippen molar-refractivity contribution in [1.82, 2.24) is 4.98 Å². The van der Waals surface area contributed by atoms with E-state index in [1.54, 1.807) is 0 Å². The molecule has 1 unspecified atom stereocenters. The SMILES string of the molecule is CC1(C)CCC(O)(C2CCc3cccnc32)CC1. The molecule has 2 aliphatic carbocycles. The van der Waals surface area contributed by atoms with E-state index in [-0.39, 0.29) is 5.92 Å². The Labute approximate surface area is 109 Å². The van der Waals surface area contributed by atoms with Gasteiger partial charge in [-0.3, -0.25) is 4.98 Å². The van der Waals surface area contributed by atoms with Crippen molar-refractivity contribution in [3.63, 3.8) is 0 Å². The normalized spacial score (nSPS) is 28.9. The van der Waals surface area contributed by atoms with E-state index in [4.69, 9.17) is 0 Å². The highest BCUT2D eigenvalue weighted by molar-refractivity contribution is 5.31. The number of rotatable bonds is 1. The van der Waals surface area contributed by atoms with Gasteiger partial charge < -0.3 is 5.11 Å². The number of aliphatic hydroxyl groups is 1. The van der Waals surface area contributed by atoms with Crippen molar-refractivity contribution in [2.24, 2.45) is 5.41 Å². The molecule has 2 nitrogen and oxygen atoms in total. The molecular weight excluding hydrogens is 222 g/mol. The van der Waals surface area contributed by atoms with Gasteiger partial charge in [0.15, 0.2) is 0 Å².